The molecular weight excluding hydrogens is 326 g/mol. The maximum absolute atomic E-state index is 10.4. The fourth-order valence-corrected chi connectivity index (χ4v) is 3.00. The first-order valence-corrected chi connectivity index (χ1v) is 8.54. The lowest BCUT2D eigenvalue weighted by Gasteiger charge is -2.22. The van der Waals surface area contributed by atoms with Crippen molar-refractivity contribution in [3.63, 3.8) is 0 Å². The molecule has 2 N–H and O–H groups in total. The second-order valence-electron chi connectivity index (χ2n) is 6.03. The Bertz CT molecular complexity index is 678. The second kappa shape index (κ2) is 7.88. The maximum Gasteiger partial charge on any atom is 0.179 e. The lowest BCUT2D eigenvalue weighted by molar-refractivity contribution is 0.134. The van der Waals surface area contributed by atoms with Crippen LogP contribution in [0.3, 0.4) is 0 Å². The van der Waals surface area contributed by atoms with Gasteiger partial charge in [0, 0.05) is 12.6 Å². The highest BCUT2D eigenvalue weighted by atomic mass is 35.5. The predicted octanol–water partition coefficient (Wildman–Crippen LogP) is 3.19. The summed E-state index contributed by atoms with van der Waals surface area (Å²) < 4.78 is 11.1. The van der Waals surface area contributed by atoms with Crippen LogP contribution in [0.4, 0.5) is 0 Å². The molecule has 0 saturated carbocycles. The summed E-state index contributed by atoms with van der Waals surface area (Å²) in [6.45, 7) is 3.63. The molecule has 2 unspecified atom stereocenters. The Morgan fingerprint density at radius 1 is 1.12 bits per heavy atom. The van der Waals surface area contributed by atoms with Gasteiger partial charge in [-0.1, -0.05) is 41.9 Å². The van der Waals surface area contributed by atoms with Gasteiger partial charge in [-0.3, -0.25) is 0 Å². The van der Waals surface area contributed by atoms with Gasteiger partial charge < -0.3 is 19.9 Å². The molecule has 1 aliphatic rings. The first-order chi connectivity index (χ1) is 11.6. The van der Waals surface area contributed by atoms with Crippen LogP contribution in [0.1, 0.15) is 18.1 Å². The van der Waals surface area contributed by atoms with Crippen molar-refractivity contribution in [3.8, 4) is 11.5 Å². The summed E-state index contributed by atoms with van der Waals surface area (Å²) in [7, 11) is 0. The summed E-state index contributed by atoms with van der Waals surface area (Å²) in [6.07, 6.45) is 0.164. The molecule has 5 heteroatoms. The number of halogens is 1. The van der Waals surface area contributed by atoms with Crippen LogP contribution in [0, 0.1) is 0 Å². The first-order valence-electron chi connectivity index (χ1n) is 8.17. The number of ether oxygens (including phenoxy) is 2. The van der Waals surface area contributed by atoms with Crippen molar-refractivity contribution in [1.82, 2.24) is 5.32 Å². The van der Waals surface area contributed by atoms with Gasteiger partial charge in [0.2, 0.25) is 0 Å². The van der Waals surface area contributed by atoms with E-state index >= 15 is 0 Å². The molecule has 0 aromatic heterocycles. The molecule has 2 aromatic rings. The molecule has 0 spiro atoms. The van der Waals surface area contributed by atoms with Crippen molar-refractivity contribution < 1.29 is 14.6 Å². The van der Waals surface area contributed by atoms with Gasteiger partial charge in [-0.25, -0.2) is 0 Å². The molecule has 1 heterocycles. The monoisotopic (exact) mass is 347 g/mol. The van der Waals surface area contributed by atoms with E-state index in [0.717, 1.165) is 11.1 Å². The highest BCUT2D eigenvalue weighted by Crippen LogP contribution is 2.38. The molecular formula is C19H22ClNO3. The normalized spacial score (nSPS) is 15.8. The van der Waals surface area contributed by atoms with Crippen LogP contribution in [-0.2, 0) is 13.0 Å². The van der Waals surface area contributed by atoms with Crippen molar-refractivity contribution in [2.75, 3.05) is 13.2 Å². The van der Waals surface area contributed by atoms with E-state index in [1.54, 1.807) is 0 Å². The Hall–Kier alpha value is -1.75. The van der Waals surface area contributed by atoms with Crippen molar-refractivity contribution in [3.05, 3.63) is 58.6 Å². The predicted molar refractivity (Wildman–Crippen MR) is 94.9 cm³/mol. The number of hydrogen-bond donors (Lipinski definition) is 2. The molecule has 0 bridgehead atoms. The fourth-order valence-electron chi connectivity index (χ4n) is 2.71. The number of rotatable bonds is 6. The summed E-state index contributed by atoms with van der Waals surface area (Å²) >= 11 is 6.25. The fraction of sp³-hybridized carbons (Fsp3) is 0.368. The standard InChI is InChI=1S/C19H22ClNO3/c1-13(17(22)10-14-5-3-2-4-6-14)21-12-15-9-16(20)19-18(11-15)23-7-8-24-19/h2-6,9,11,13,17,21-22H,7-8,10,12H2,1H3. The van der Waals surface area contributed by atoms with Gasteiger partial charge in [-0.05, 0) is 36.6 Å². The Labute approximate surface area is 147 Å². The summed E-state index contributed by atoms with van der Waals surface area (Å²) in [4.78, 5) is 0. The summed E-state index contributed by atoms with van der Waals surface area (Å²) in [5.74, 6) is 1.30. The van der Waals surface area contributed by atoms with Gasteiger partial charge >= 0.3 is 0 Å². The topological polar surface area (TPSA) is 50.7 Å². The zero-order valence-electron chi connectivity index (χ0n) is 13.7. The largest absolute Gasteiger partial charge is 0.486 e. The van der Waals surface area contributed by atoms with Gasteiger partial charge in [0.25, 0.3) is 0 Å². The number of fused-ring (bicyclic) bond motifs is 1. The van der Waals surface area contributed by atoms with Crippen LogP contribution < -0.4 is 14.8 Å². The molecule has 2 aromatic carbocycles. The molecule has 1 aliphatic heterocycles. The minimum atomic E-state index is -0.458. The maximum atomic E-state index is 10.4. The average molecular weight is 348 g/mol. The molecule has 0 fully saturated rings. The third kappa shape index (κ3) is 4.20. The van der Waals surface area contributed by atoms with Crippen molar-refractivity contribution in [2.24, 2.45) is 0 Å². The molecule has 3 rings (SSSR count). The first kappa shape index (κ1) is 17.1. The number of aliphatic hydroxyl groups excluding tert-OH is 1. The minimum absolute atomic E-state index is 0.0443. The molecule has 0 amide bonds. The summed E-state index contributed by atoms with van der Waals surface area (Å²) in [5.41, 5.74) is 2.13. The SMILES string of the molecule is CC(NCc1cc(Cl)c2c(c1)OCCO2)C(O)Cc1ccccc1. The van der Waals surface area contributed by atoms with Gasteiger partial charge in [0.15, 0.2) is 11.5 Å². The van der Waals surface area contributed by atoms with E-state index in [1.165, 1.54) is 0 Å². The molecule has 0 radical (unpaired) electrons. The Balaban J connectivity index is 1.58. The third-order valence-corrected chi connectivity index (χ3v) is 4.43. The average Bonchev–Trinajstić information content (AvgIpc) is 2.60. The van der Waals surface area contributed by atoms with E-state index < -0.39 is 6.10 Å². The number of aliphatic hydroxyl groups is 1. The van der Waals surface area contributed by atoms with E-state index in [-0.39, 0.29) is 6.04 Å². The van der Waals surface area contributed by atoms with Crippen LogP contribution in [-0.4, -0.2) is 30.5 Å². The van der Waals surface area contributed by atoms with Gasteiger partial charge in [0.1, 0.15) is 13.2 Å². The lowest BCUT2D eigenvalue weighted by atomic mass is 10.0. The van der Waals surface area contributed by atoms with E-state index in [1.807, 2.05) is 49.4 Å². The Morgan fingerprint density at radius 2 is 1.88 bits per heavy atom. The summed E-state index contributed by atoms with van der Waals surface area (Å²) in [5, 5.41) is 14.3. The molecule has 4 nitrogen and oxygen atoms in total. The molecule has 0 aliphatic carbocycles. The highest BCUT2D eigenvalue weighted by Gasteiger charge is 2.18. The Morgan fingerprint density at radius 3 is 2.67 bits per heavy atom. The van der Waals surface area contributed by atoms with E-state index in [9.17, 15) is 5.11 Å². The zero-order valence-corrected chi connectivity index (χ0v) is 14.4. The minimum Gasteiger partial charge on any atom is -0.486 e. The van der Waals surface area contributed by atoms with Crippen LogP contribution in [0.15, 0.2) is 42.5 Å². The van der Waals surface area contributed by atoms with Gasteiger partial charge in [0.05, 0.1) is 11.1 Å². The smallest absolute Gasteiger partial charge is 0.179 e. The lowest BCUT2D eigenvalue weighted by Crippen LogP contribution is -2.38. The number of hydrogen-bond acceptors (Lipinski definition) is 4. The van der Waals surface area contributed by atoms with Crippen molar-refractivity contribution in [1.29, 1.82) is 0 Å². The summed E-state index contributed by atoms with van der Waals surface area (Å²) in [6, 6.07) is 13.8. The van der Waals surface area contributed by atoms with E-state index in [2.05, 4.69) is 5.32 Å². The van der Waals surface area contributed by atoms with E-state index in [4.69, 9.17) is 21.1 Å². The third-order valence-electron chi connectivity index (χ3n) is 4.15. The zero-order chi connectivity index (χ0) is 16.9. The van der Waals surface area contributed by atoms with Crippen molar-refractivity contribution in [2.45, 2.75) is 32.0 Å². The number of benzene rings is 2. The van der Waals surface area contributed by atoms with E-state index in [0.29, 0.717) is 42.7 Å². The molecule has 0 saturated heterocycles. The quantitative estimate of drug-likeness (QED) is 0.842. The Kier molecular flexibility index (Phi) is 5.61. The van der Waals surface area contributed by atoms with Crippen LogP contribution in [0.25, 0.3) is 0 Å². The van der Waals surface area contributed by atoms with Crippen LogP contribution in [0.5, 0.6) is 11.5 Å². The van der Waals surface area contributed by atoms with Crippen LogP contribution in [0.2, 0.25) is 5.02 Å². The van der Waals surface area contributed by atoms with Gasteiger partial charge in [-0.2, -0.15) is 0 Å². The number of nitrogens with one attached hydrogen (secondary N) is 1. The molecule has 24 heavy (non-hydrogen) atoms. The van der Waals surface area contributed by atoms with Gasteiger partial charge in [-0.15, -0.1) is 0 Å². The second-order valence-corrected chi connectivity index (χ2v) is 6.44. The van der Waals surface area contributed by atoms with Crippen molar-refractivity contribution >= 4 is 11.6 Å². The van der Waals surface area contributed by atoms with Crippen LogP contribution >= 0.6 is 11.6 Å². The molecule has 2 atom stereocenters. The highest BCUT2D eigenvalue weighted by molar-refractivity contribution is 6.32. The molecule has 128 valence electrons.